The molecule has 1 N–H and O–H groups in total. The molecule has 1 aliphatic heterocycles. The number of rotatable bonds is 3. The minimum absolute atomic E-state index is 0.158. The van der Waals surface area contributed by atoms with E-state index in [4.69, 9.17) is 4.74 Å². The number of ether oxygens (including phenoxy) is 1. The van der Waals surface area contributed by atoms with Crippen LogP contribution in [0, 0.1) is 0 Å². The van der Waals surface area contributed by atoms with Gasteiger partial charge < -0.3 is 9.84 Å². The third-order valence-corrected chi connectivity index (χ3v) is 5.50. The molecule has 0 bridgehead atoms. The molecule has 3 aromatic carbocycles. The van der Waals surface area contributed by atoms with Crippen LogP contribution in [0.15, 0.2) is 77.3 Å². The first-order chi connectivity index (χ1) is 13.6. The number of fused-ring (bicyclic) bond motifs is 1. The van der Waals surface area contributed by atoms with Crippen molar-refractivity contribution in [1.29, 1.82) is 0 Å². The van der Waals surface area contributed by atoms with E-state index in [9.17, 15) is 9.90 Å². The zero-order valence-corrected chi connectivity index (χ0v) is 16.8. The Kier molecular flexibility index (Phi) is 5.35. The number of halogens is 1. The summed E-state index contributed by atoms with van der Waals surface area (Å²) >= 11 is 3.48. The van der Waals surface area contributed by atoms with Crippen molar-refractivity contribution in [2.45, 2.75) is 19.1 Å². The Morgan fingerprint density at radius 3 is 2.61 bits per heavy atom. The van der Waals surface area contributed by atoms with Crippen LogP contribution in [0.25, 0.3) is 0 Å². The average molecular weight is 438 g/mol. The summed E-state index contributed by atoms with van der Waals surface area (Å²) in [5.74, 6) is 0.158. The van der Waals surface area contributed by atoms with Gasteiger partial charge in [-0.05, 0) is 41.3 Å². The number of hydrogen-bond donors (Lipinski definition) is 1. The first-order valence-corrected chi connectivity index (χ1v) is 9.96. The minimum Gasteiger partial charge on any atom is -0.508 e. The van der Waals surface area contributed by atoms with Gasteiger partial charge in [-0.1, -0.05) is 70.5 Å². The Balaban J connectivity index is 1.67. The van der Waals surface area contributed by atoms with Gasteiger partial charge in [-0.3, -0.25) is 4.90 Å². The van der Waals surface area contributed by atoms with E-state index < -0.39 is 6.04 Å². The number of aromatic hydroxyl groups is 1. The van der Waals surface area contributed by atoms with Crippen molar-refractivity contribution in [2.75, 3.05) is 6.54 Å². The summed E-state index contributed by atoms with van der Waals surface area (Å²) in [6, 6.07) is 22.6. The molecule has 0 saturated carbocycles. The van der Waals surface area contributed by atoms with Crippen molar-refractivity contribution in [1.82, 2.24) is 4.90 Å². The van der Waals surface area contributed by atoms with Gasteiger partial charge in [0.1, 0.15) is 12.4 Å². The normalized spacial score (nSPS) is 15.8. The van der Waals surface area contributed by atoms with Crippen LogP contribution in [0.1, 0.15) is 28.3 Å². The Hall–Kier alpha value is -2.79. The van der Waals surface area contributed by atoms with Gasteiger partial charge in [0, 0.05) is 16.6 Å². The lowest BCUT2D eigenvalue weighted by Crippen LogP contribution is -2.40. The summed E-state index contributed by atoms with van der Waals surface area (Å²) in [5.41, 5.74) is 3.81. The van der Waals surface area contributed by atoms with Crippen molar-refractivity contribution < 1.29 is 14.6 Å². The molecule has 4 nitrogen and oxygen atoms in total. The van der Waals surface area contributed by atoms with E-state index in [1.54, 1.807) is 17.0 Å². The summed E-state index contributed by atoms with van der Waals surface area (Å²) in [4.78, 5) is 14.7. The molecule has 0 aliphatic carbocycles. The molecule has 0 fully saturated rings. The highest BCUT2D eigenvalue weighted by Gasteiger charge is 2.34. The molecule has 0 saturated heterocycles. The molecule has 28 heavy (non-hydrogen) atoms. The molecule has 1 heterocycles. The number of phenols is 1. The maximum Gasteiger partial charge on any atom is 0.410 e. The van der Waals surface area contributed by atoms with Crippen LogP contribution in [0.2, 0.25) is 0 Å². The maximum atomic E-state index is 13.0. The lowest BCUT2D eigenvalue weighted by molar-refractivity contribution is 0.0833. The van der Waals surface area contributed by atoms with E-state index in [1.807, 2.05) is 54.6 Å². The third kappa shape index (κ3) is 3.76. The molecule has 3 aromatic rings. The molecule has 5 heteroatoms. The van der Waals surface area contributed by atoms with Crippen molar-refractivity contribution in [3.8, 4) is 5.75 Å². The summed E-state index contributed by atoms with van der Waals surface area (Å²) in [7, 11) is 0. The zero-order valence-electron chi connectivity index (χ0n) is 15.2. The number of carbonyl (C=O) groups is 1. The highest BCUT2D eigenvalue weighted by atomic mass is 79.9. The standard InChI is InChI=1S/C23H20BrNO3/c24-18-10-11-21(26)20(14-18)22-19-9-5-4-8-17(19)12-13-25(22)23(27)28-15-16-6-2-1-3-7-16/h1-11,14,22,26H,12-13,15H2. The number of amides is 1. The van der Waals surface area contributed by atoms with Crippen molar-refractivity contribution in [3.05, 3.63) is 99.5 Å². The lowest BCUT2D eigenvalue weighted by Gasteiger charge is -2.37. The Morgan fingerprint density at radius 2 is 1.79 bits per heavy atom. The van der Waals surface area contributed by atoms with E-state index in [0.29, 0.717) is 12.1 Å². The average Bonchev–Trinajstić information content (AvgIpc) is 2.74. The van der Waals surface area contributed by atoms with Crippen LogP contribution in [0.3, 0.4) is 0 Å². The van der Waals surface area contributed by atoms with E-state index in [1.165, 1.54) is 5.56 Å². The molecule has 1 unspecified atom stereocenters. The van der Waals surface area contributed by atoms with Crippen LogP contribution < -0.4 is 0 Å². The van der Waals surface area contributed by atoms with E-state index >= 15 is 0 Å². The minimum atomic E-state index is -0.397. The Morgan fingerprint density at radius 1 is 1.04 bits per heavy atom. The number of nitrogens with zero attached hydrogens (tertiary/aromatic N) is 1. The molecule has 4 rings (SSSR count). The summed E-state index contributed by atoms with van der Waals surface area (Å²) in [6.45, 7) is 0.746. The van der Waals surface area contributed by atoms with Crippen LogP contribution >= 0.6 is 15.9 Å². The number of carbonyl (C=O) groups excluding carboxylic acids is 1. The number of hydrogen-bond acceptors (Lipinski definition) is 3. The van der Waals surface area contributed by atoms with Crippen LogP contribution in [0.4, 0.5) is 4.79 Å². The largest absolute Gasteiger partial charge is 0.508 e. The van der Waals surface area contributed by atoms with Crippen molar-refractivity contribution >= 4 is 22.0 Å². The van der Waals surface area contributed by atoms with Gasteiger partial charge >= 0.3 is 6.09 Å². The molecule has 0 spiro atoms. The molecule has 142 valence electrons. The molecule has 0 radical (unpaired) electrons. The first kappa shape index (κ1) is 18.6. The smallest absolute Gasteiger partial charge is 0.410 e. The van der Waals surface area contributed by atoms with E-state index in [2.05, 4.69) is 22.0 Å². The van der Waals surface area contributed by atoms with E-state index in [-0.39, 0.29) is 18.4 Å². The highest BCUT2D eigenvalue weighted by Crippen LogP contribution is 2.40. The predicted molar refractivity (Wildman–Crippen MR) is 111 cm³/mol. The first-order valence-electron chi connectivity index (χ1n) is 9.17. The molecular formula is C23H20BrNO3. The van der Waals surface area contributed by atoms with Crippen molar-refractivity contribution in [3.63, 3.8) is 0 Å². The highest BCUT2D eigenvalue weighted by molar-refractivity contribution is 9.10. The van der Waals surface area contributed by atoms with Gasteiger partial charge in [-0.2, -0.15) is 0 Å². The van der Waals surface area contributed by atoms with Gasteiger partial charge in [-0.15, -0.1) is 0 Å². The fraction of sp³-hybridized carbons (Fsp3) is 0.174. The fourth-order valence-corrected chi connectivity index (χ4v) is 4.02. The van der Waals surface area contributed by atoms with E-state index in [0.717, 1.165) is 22.0 Å². The van der Waals surface area contributed by atoms with Gasteiger partial charge in [0.05, 0.1) is 6.04 Å². The summed E-state index contributed by atoms with van der Waals surface area (Å²) < 4.78 is 6.45. The molecule has 0 aromatic heterocycles. The zero-order chi connectivity index (χ0) is 19.5. The Labute approximate surface area is 172 Å². The van der Waals surface area contributed by atoms with Crippen LogP contribution in [0.5, 0.6) is 5.75 Å². The maximum absolute atomic E-state index is 13.0. The monoisotopic (exact) mass is 437 g/mol. The summed E-state index contributed by atoms with van der Waals surface area (Å²) in [6.07, 6.45) is 0.366. The topological polar surface area (TPSA) is 49.8 Å². The Bertz CT molecular complexity index is 990. The second-order valence-corrected chi connectivity index (χ2v) is 7.70. The quantitative estimate of drug-likeness (QED) is 0.593. The molecule has 1 atom stereocenters. The van der Waals surface area contributed by atoms with Gasteiger partial charge in [0.25, 0.3) is 0 Å². The van der Waals surface area contributed by atoms with Gasteiger partial charge in [0.15, 0.2) is 0 Å². The summed E-state index contributed by atoms with van der Waals surface area (Å²) in [5, 5.41) is 10.5. The van der Waals surface area contributed by atoms with Crippen molar-refractivity contribution in [2.24, 2.45) is 0 Å². The lowest BCUT2D eigenvalue weighted by atomic mass is 9.88. The SMILES string of the molecule is O=C(OCc1ccccc1)N1CCc2ccccc2C1c1cc(Br)ccc1O. The third-order valence-electron chi connectivity index (χ3n) is 5.01. The molecule has 1 amide bonds. The number of benzene rings is 3. The predicted octanol–water partition coefficient (Wildman–Crippen LogP) is 5.44. The van der Waals surface area contributed by atoms with Gasteiger partial charge in [-0.25, -0.2) is 4.79 Å². The fourth-order valence-electron chi connectivity index (χ4n) is 3.65. The number of phenolic OH excluding ortho intramolecular Hbond substituents is 1. The molecule has 1 aliphatic rings. The van der Waals surface area contributed by atoms with Crippen LogP contribution in [-0.2, 0) is 17.8 Å². The van der Waals surface area contributed by atoms with Gasteiger partial charge in [0.2, 0.25) is 0 Å². The molecular weight excluding hydrogens is 418 g/mol. The second-order valence-electron chi connectivity index (χ2n) is 6.79. The van der Waals surface area contributed by atoms with Crippen LogP contribution in [-0.4, -0.2) is 22.6 Å². The second kappa shape index (κ2) is 8.07.